The van der Waals surface area contributed by atoms with Crippen LogP contribution in [0.5, 0.6) is 0 Å². The number of carbonyl (C=O) groups excluding carboxylic acids is 2. The minimum Gasteiger partial charge on any atom is -0.463 e. The molecule has 1 aromatic heterocycles. The van der Waals surface area contributed by atoms with Crippen molar-refractivity contribution in [3.05, 3.63) is 52.6 Å². The fourth-order valence-electron chi connectivity index (χ4n) is 3.51. The van der Waals surface area contributed by atoms with E-state index in [1.807, 2.05) is 19.1 Å². The maximum absolute atomic E-state index is 12.7. The predicted octanol–water partition coefficient (Wildman–Crippen LogP) is 3.00. The van der Waals surface area contributed by atoms with E-state index >= 15 is 0 Å². The number of allylic oxidation sites excluding steroid dienone is 3. The van der Waals surface area contributed by atoms with Crippen molar-refractivity contribution in [2.45, 2.75) is 45.4 Å². The molecule has 24 heavy (non-hydrogen) atoms. The second kappa shape index (κ2) is 6.99. The van der Waals surface area contributed by atoms with Gasteiger partial charge in [0.25, 0.3) is 0 Å². The van der Waals surface area contributed by atoms with E-state index in [0.29, 0.717) is 30.6 Å². The molecule has 1 atom stereocenters. The molecule has 0 unspecified atom stereocenters. The molecule has 0 saturated heterocycles. The van der Waals surface area contributed by atoms with Gasteiger partial charge in [0, 0.05) is 41.7 Å². The van der Waals surface area contributed by atoms with Gasteiger partial charge >= 0.3 is 5.97 Å². The summed E-state index contributed by atoms with van der Waals surface area (Å²) in [5.41, 5.74) is 3.98. The smallest absolute Gasteiger partial charge is 0.336 e. The molecular formula is C19H22N2O3. The molecule has 5 heteroatoms. The van der Waals surface area contributed by atoms with Crippen LogP contribution in [-0.2, 0) is 14.3 Å². The summed E-state index contributed by atoms with van der Waals surface area (Å²) in [7, 11) is 0. The summed E-state index contributed by atoms with van der Waals surface area (Å²) in [6, 6.07) is 3.74. The average Bonchev–Trinajstić information content (AvgIpc) is 2.61. The third kappa shape index (κ3) is 2.86. The number of ketones is 1. The minimum atomic E-state index is -0.369. The molecule has 0 aromatic carbocycles. The van der Waals surface area contributed by atoms with Crippen molar-refractivity contribution in [2.75, 3.05) is 6.61 Å². The maximum Gasteiger partial charge on any atom is 0.336 e. The van der Waals surface area contributed by atoms with Crippen LogP contribution in [0.1, 0.15) is 51.0 Å². The summed E-state index contributed by atoms with van der Waals surface area (Å²) < 4.78 is 5.29. The van der Waals surface area contributed by atoms with Gasteiger partial charge < -0.3 is 10.1 Å². The van der Waals surface area contributed by atoms with Gasteiger partial charge in [0.2, 0.25) is 0 Å². The van der Waals surface area contributed by atoms with Crippen LogP contribution in [-0.4, -0.2) is 23.3 Å². The highest BCUT2D eigenvalue weighted by atomic mass is 16.5. The van der Waals surface area contributed by atoms with E-state index < -0.39 is 0 Å². The molecule has 5 nitrogen and oxygen atoms in total. The molecule has 1 aliphatic carbocycles. The largest absolute Gasteiger partial charge is 0.463 e. The third-order valence-electron chi connectivity index (χ3n) is 4.55. The number of rotatable bonds is 4. The van der Waals surface area contributed by atoms with E-state index in [9.17, 15) is 9.59 Å². The minimum absolute atomic E-state index is 0.113. The molecule has 3 rings (SSSR count). The first-order valence-corrected chi connectivity index (χ1v) is 8.50. The Labute approximate surface area is 141 Å². The highest BCUT2D eigenvalue weighted by Gasteiger charge is 2.39. The zero-order valence-corrected chi connectivity index (χ0v) is 14.1. The quantitative estimate of drug-likeness (QED) is 0.862. The lowest BCUT2D eigenvalue weighted by Crippen LogP contribution is -2.35. The van der Waals surface area contributed by atoms with Crippen LogP contribution in [0.2, 0.25) is 0 Å². The molecule has 1 N–H and O–H groups in total. The molecule has 0 bridgehead atoms. The van der Waals surface area contributed by atoms with Gasteiger partial charge in [0.05, 0.1) is 12.2 Å². The van der Waals surface area contributed by atoms with Crippen LogP contribution >= 0.6 is 0 Å². The lowest BCUT2D eigenvalue weighted by atomic mass is 9.75. The zero-order chi connectivity index (χ0) is 17.1. The van der Waals surface area contributed by atoms with Crippen molar-refractivity contribution < 1.29 is 14.3 Å². The number of hydrogen-bond donors (Lipinski definition) is 1. The molecule has 2 heterocycles. The monoisotopic (exact) mass is 326 g/mol. The third-order valence-corrected chi connectivity index (χ3v) is 4.55. The molecular weight excluding hydrogens is 304 g/mol. The van der Waals surface area contributed by atoms with Crippen LogP contribution in [0.4, 0.5) is 0 Å². The van der Waals surface area contributed by atoms with E-state index in [4.69, 9.17) is 4.74 Å². The Morgan fingerprint density at radius 3 is 2.71 bits per heavy atom. The molecule has 0 radical (unpaired) electrons. The highest BCUT2D eigenvalue weighted by molar-refractivity contribution is 6.03. The number of dihydropyridines is 1. The lowest BCUT2D eigenvalue weighted by molar-refractivity contribution is -0.138. The normalized spacial score (nSPS) is 20.6. The number of ether oxygens (including phenoxy) is 1. The van der Waals surface area contributed by atoms with E-state index in [1.165, 1.54) is 0 Å². The maximum atomic E-state index is 12.7. The van der Waals surface area contributed by atoms with Crippen molar-refractivity contribution in [3.8, 4) is 0 Å². The van der Waals surface area contributed by atoms with Gasteiger partial charge in [0.1, 0.15) is 0 Å². The average molecular weight is 326 g/mol. The number of aromatic nitrogens is 1. The van der Waals surface area contributed by atoms with E-state index in [2.05, 4.69) is 10.3 Å². The van der Waals surface area contributed by atoms with E-state index in [0.717, 1.165) is 29.8 Å². The van der Waals surface area contributed by atoms with Gasteiger partial charge in [-0.2, -0.15) is 0 Å². The number of hydrogen-bond acceptors (Lipinski definition) is 5. The van der Waals surface area contributed by atoms with Gasteiger partial charge in [-0.15, -0.1) is 0 Å². The summed E-state index contributed by atoms with van der Waals surface area (Å²) >= 11 is 0. The first kappa shape index (κ1) is 16.4. The highest BCUT2D eigenvalue weighted by Crippen LogP contribution is 2.42. The van der Waals surface area contributed by atoms with Gasteiger partial charge in [-0.3, -0.25) is 9.78 Å². The zero-order valence-electron chi connectivity index (χ0n) is 14.1. The summed E-state index contributed by atoms with van der Waals surface area (Å²) in [5.74, 6) is -0.609. The van der Waals surface area contributed by atoms with Crippen molar-refractivity contribution >= 4 is 11.8 Å². The van der Waals surface area contributed by atoms with Gasteiger partial charge in [-0.05, 0) is 43.9 Å². The number of nitrogens with zero attached hydrogens (tertiary/aromatic N) is 1. The van der Waals surface area contributed by atoms with Crippen LogP contribution in [0.3, 0.4) is 0 Å². The van der Waals surface area contributed by atoms with Crippen LogP contribution in [0.15, 0.2) is 47.1 Å². The Bertz CT molecular complexity index is 719. The van der Waals surface area contributed by atoms with Gasteiger partial charge in [0.15, 0.2) is 5.78 Å². The number of nitrogens with one attached hydrogen (secondary N) is 1. The summed E-state index contributed by atoms with van der Waals surface area (Å²) in [6.07, 6.45) is 6.28. The summed E-state index contributed by atoms with van der Waals surface area (Å²) in [5, 5.41) is 3.35. The van der Waals surface area contributed by atoms with Crippen LogP contribution in [0, 0.1) is 0 Å². The Hall–Kier alpha value is -2.43. The first-order chi connectivity index (χ1) is 11.7. The second-order valence-electron chi connectivity index (χ2n) is 5.97. The topological polar surface area (TPSA) is 68.3 Å². The number of esters is 1. The molecule has 0 amide bonds. The summed E-state index contributed by atoms with van der Waals surface area (Å²) in [6.45, 7) is 4.10. The Balaban J connectivity index is 2.17. The molecule has 126 valence electrons. The molecule has 0 spiro atoms. The van der Waals surface area contributed by atoms with Crippen molar-refractivity contribution in [3.63, 3.8) is 0 Å². The number of carbonyl (C=O) groups is 2. The molecule has 2 aliphatic rings. The van der Waals surface area contributed by atoms with Crippen molar-refractivity contribution in [2.24, 2.45) is 0 Å². The SMILES string of the molecule is CCOC(=O)C1=C(CC)NC2=C(C(=O)CCC2)[C@H]1c1ccncc1. The molecule has 0 fully saturated rings. The van der Waals surface area contributed by atoms with E-state index in [1.54, 1.807) is 19.3 Å². The fourth-order valence-corrected chi connectivity index (χ4v) is 3.51. The number of pyridine rings is 1. The molecule has 0 saturated carbocycles. The number of Topliss-reactive ketones (excluding diaryl/α,β-unsaturated/α-hetero) is 1. The molecule has 1 aliphatic heterocycles. The standard InChI is InChI=1S/C19H22N2O3/c1-3-13-18(19(23)24-4-2)16(12-8-10-20-11-9-12)17-14(21-13)6-5-7-15(17)22/h8-11,16,21H,3-7H2,1-2H3/t16-/m1/s1. The van der Waals surface area contributed by atoms with Crippen molar-refractivity contribution in [1.29, 1.82) is 0 Å². The first-order valence-electron chi connectivity index (χ1n) is 8.50. The fraction of sp³-hybridized carbons (Fsp3) is 0.421. The Morgan fingerprint density at radius 2 is 2.04 bits per heavy atom. The Kier molecular flexibility index (Phi) is 4.79. The summed E-state index contributed by atoms with van der Waals surface area (Å²) in [4.78, 5) is 29.4. The van der Waals surface area contributed by atoms with Gasteiger partial charge in [-0.1, -0.05) is 6.92 Å². The van der Waals surface area contributed by atoms with Crippen LogP contribution in [0.25, 0.3) is 0 Å². The lowest BCUT2D eigenvalue weighted by Gasteiger charge is -2.34. The van der Waals surface area contributed by atoms with E-state index in [-0.39, 0.29) is 17.7 Å². The second-order valence-corrected chi connectivity index (χ2v) is 5.97. The Morgan fingerprint density at radius 1 is 1.29 bits per heavy atom. The predicted molar refractivity (Wildman–Crippen MR) is 89.9 cm³/mol. The van der Waals surface area contributed by atoms with Crippen LogP contribution < -0.4 is 5.32 Å². The van der Waals surface area contributed by atoms with Crippen molar-refractivity contribution in [1.82, 2.24) is 10.3 Å². The van der Waals surface area contributed by atoms with Gasteiger partial charge in [-0.25, -0.2) is 4.79 Å². The molecule has 1 aromatic rings.